The fraction of sp³-hybridized carbons (Fsp3) is 0.476. The van der Waals surface area contributed by atoms with Gasteiger partial charge >= 0.3 is 150 Å². The van der Waals surface area contributed by atoms with Crippen LogP contribution in [0.3, 0.4) is 0 Å². The summed E-state index contributed by atoms with van der Waals surface area (Å²) in [7, 11) is 0. The van der Waals surface area contributed by atoms with Crippen LogP contribution in [0.15, 0.2) is 54.6 Å². The van der Waals surface area contributed by atoms with Crippen molar-refractivity contribution in [3.05, 3.63) is 54.6 Å². The molecular weight excluding hydrogens is 363 g/mol. The first kappa shape index (κ1) is 16.2. The Morgan fingerprint density at radius 1 is 1.12 bits per heavy atom. The summed E-state index contributed by atoms with van der Waals surface area (Å²) in [4.78, 5) is 12.9. The first-order valence-electron chi connectivity index (χ1n) is 8.81. The second-order valence-corrected chi connectivity index (χ2v) is 10.7. The first-order chi connectivity index (χ1) is 11.5. The SMILES string of the molecule is C=C1CC[C@H]2C(=C)CC[C@@H]3[C@H](OC(=O)[C@]3(C)[Se]c3ccccc3)[C@@H]12. The van der Waals surface area contributed by atoms with Crippen molar-refractivity contribution < 1.29 is 9.53 Å². The topological polar surface area (TPSA) is 26.3 Å². The third-order valence-electron chi connectivity index (χ3n) is 6.16. The molecule has 0 radical (unpaired) electrons. The standard InChI is InChI=1S/C21H24O2Se/c1-13-10-12-17-19(18-14(2)9-11-16(13)18)23-20(22)21(17,3)24-15-7-5-4-6-8-15/h4-8,16-19H,1-2,9-12H2,3H3/t16-,17+,18-,19-,21+/m0/s1. The van der Waals surface area contributed by atoms with Crippen LogP contribution >= 0.6 is 0 Å². The number of hydrogen-bond donors (Lipinski definition) is 0. The predicted molar refractivity (Wildman–Crippen MR) is 97.3 cm³/mol. The number of carbonyl (C=O) groups excluding carboxylic acids is 1. The van der Waals surface area contributed by atoms with Gasteiger partial charge in [-0.25, -0.2) is 0 Å². The summed E-state index contributed by atoms with van der Waals surface area (Å²) in [5.41, 5.74) is 2.61. The predicted octanol–water partition coefficient (Wildman–Crippen LogP) is 3.67. The van der Waals surface area contributed by atoms with Crippen LogP contribution in [0, 0.1) is 17.8 Å². The van der Waals surface area contributed by atoms with Crippen LogP contribution in [0.5, 0.6) is 0 Å². The fourth-order valence-electron chi connectivity index (χ4n) is 4.82. The molecule has 0 bridgehead atoms. The number of esters is 1. The Morgan fingerprint density at radius 3 is 2.58 bits per heavy atom. The van der Waals surface area contributed by atoms with Crippen LogP contribution < -0.4 is 4.46 Å². The molecule has 2 nitrogen and oxygen atoms in total. The Bertz CT molecular complexity index is 695. The molecule has 1 aliphatic heterocycles. The van der Waals surface area contributed by atoms with Gasteiger partial charge in [0.15, 0.2) is 0 Å². The summed E-state index contributed by atoms with van der Waals surface area (Å²) in [6, 6.07) is 10.4. The van der Waals surface area contributed by atoms with Gasteiger partial charge in [0.1, 0.15) is 0 Å². The third kappa shape index (κ3) is 2.41. The summed E-state index contributed by atoms with van der Waals surface area (Å²) in [5, 5.41) is 0. The van der Waals surface area contributed by atoms with E-state index in [0.717, 1.165) is 25.7 Å². The molecule has 0 aromatic heterocycles. The van der Waals surface area contributed by atoms with Crippen LogP contribution in [0.2, 0.25) is 4.31 Å². The van der Waals surface area contributed by atoms with Crippen molar-refractivity contribution in [2.24, 2.45) is 17.8 Å². The van der Waals surface area contributed by atoms with Crippen LogP contribution in [0.1, 0.15) is 32.6 Å². The van der Waals surface area contributed by atoms with Gasteiger partial charge in [-0.2, -0.15) is 0 Å². The van der Waals surface area contributed by atoms with Gasteiger partial charge in [0.2, 0.25) is 0 Å². The molecule has 0 N–H and O–H groups in total. The van der Waals surface area contributed by atoms with Crippen molar-refractivity contribution in [1.29, 1.82) is 0 Å². The summed E-state index contributed by atoms with van der Waals surface area (Å²) in [5.74, 6) is 1.05. The molecule has 1 aromatic carbocycles. The van der Waals surface area contributed by atoms with Gasteiger partial charge in [0.05, 0.1) is 0 Å². The number of benzene rings is 1. The van der Waals surface area contributed by atoms with Gasteiger partial charge in [0, 0.05) is 0 Å². The molecule has 3 heteroatoms. The first-order valence-corrected chi connectivity index (χ1v) is 10.5. The summed E-state index contributed by atoms with van der Waals surface area (Å²) >= 11 is 0.0753. The summed E-state index contributed by atoms with van der Waals surface area (Å²) in [6.07, 6.45) is 4.22. The zero-order valence-electron chi connectivity index (χ0n) is 14.2. The van der Waals surface area contributed by atoms with Gasteiger partial charge in [-0.15, -0.1) is 0 Å². The molecular formula is C21H24O2Se. The van der Waals surface area contributed by atoms with Crippen LogP contribution in [0.25, 0.3) is 0 Å². The Kier molecular flexibility index (Phi) is 3.97. The van der Waals surface area contributed by atoms with Crippen molar-refractivity contribution in [2.45, 2.75) is 43.0 Å². The van der Waals surface area contributed by atoms with E-state index in [9.17, 15) is 4.79 Å². The average molecular weight is 387 g/mol. The van der Waals surface area contributed by atoms with E-state index in [-0.39, 0.29) is 37.3 Å². The fourth-order valence-corrected chi connectivity index (χ4v) is 7.58. The molecule has 1 saturated heterocycles. The van der Waals surface area contributed by atoms with Crippen molar-refractivity contribution in [3.63, 3.8) is 0 Å². The molecule has 1 aromatic rings. The molecule has 5 atom stereocenters. The molecule has 0 amide bonds. The Morgan fingerprint density at radius 2 is 1.83 bits per heavy atom. The number of carbonyl (C=O) groups is 1. The maximum atomic E-state index is 12.9. The van der Waals surface area contributed by atoms with E-state index in [1.807, 2.05) is 6.07 Å². The van der Waals surface area contributed by atoms with E-state index in [0.29, 0.717) is 11.8 Å². The Labute approximate surface area is 150 Å². The van der Waals surface area contributed by atoms with Gasteiger partial charge in [0.25, 0.3) is 0 Å². The summed E-state index contributed by atoms with van der Waals surface area (Å²) < 4.78 is 6.94. The van der Waals surface area contributed by atoms with Gasteiger partial charge < -0.3 is 0 Å². The Hall–Kier alpha value is -1.31. The van der Waals surface area contributed by atoms with E-state index in [2.05, 4.69) is 44.3 Å². The zero-order chi connectivity index (χ0) is 16.9. The Balaban J connectivity index is 1.69. The average Bonchev–Trinajstić information content (AvgIpc) is 3.00. The van der Waals surface area contributed by atoms with E-state index in [4.69, 9.17) is 4.74 Å². The molecule has 2 saturated carbocycles. The minimum absolute atomic E-state index is 0.00677. The zero-order valence-corrected chi connectivity index (χ0v) is 15.9. The monoisotopic (exact) mass is 388 g/mol. The summed E-state index contributed by atoms with van der Waals surface area (Å²) in [6.45, 7) is 10.8. The number of fused-ring (bicyclic) bond motifs is 3. The molecule has 0 spiro atoms. The molecule has 0 unspecified atom stereocenters. The second kappa shape index (κ2) is 5.89. The molecule has 3 aliphatic rings. The van der Waals surface area contributed by atoms with Crippen LogP contribution in [-0.2, 0) is 9.53 Å². The van der Waals surface area contributed by atoms with E-state index in [1.165, 1.54) is 15.6 Å². The number of rotatable bonds is 2. The van der Waals surface area contributed by atoms with E-state index >= 15 is 0 Å². The number of hydrogen-bond acceptors (Lipinski definition) is 2. The van der Waals surface area contributed by atoms with Crippen molar-refractivity contribution in [3.8, 4) is 0 Å². The minimum atomic E-state index is -0.378. The van der Waals surface area contributed by atoms with Crippen molar-refractivity contribution >= 4 is 25.4 Å². The van der Waals surface area contributed by atoms with Crippen molar-refractivity contribution in [2.75, 3.05) is 0 Å². The third-order valence-corrected chi connectivity index (χ3v) is 9.10. The molecule has 4 rings (SSSR count). The number of allylic oxidation sites excluding steroid dienone is 1. The van der Waals surface area contributed by atoms with Crippen LogP contribution in [0.4, 0.5) is 0 Å². The molecule has 3 fully saturated rings. The van der Waals surface area contributed by atoms with Crippen LogP contribution in [-0.4, -0.2) is 27.0 Å². The quantitative estimate of drug-likeness (QED) is 0.440. The molecule has 2 aliphatic carbocycles. The van der Waals surface area contributed by atoms with Crippen molar-refractivity contribution in [1.82, 2.24) is 0 Å². The number of ether oxygens (including phenoxy) is 1. The molecule has 1 heterocycles. The molecule has 24 heavy (non-hydrogen) atoms. The van der Waals surface area contributed by atoms with Gasteiger partial charge in [-0.3, -0.25) is 0 Å². The van der Waals surface area contributed by atoms with Gasteiger partial charge in [-0.1, -0.05) is 0 Å². The van der Waals surface area contributed by atoms with E-state index < -0.39 is 0 Å². The second-order valence-electron chi connectivity index (χ2n) is 7.52. The normalized spacial score (nSPS) is 38.5. The molecule has 126 valence electrons. The van der Waals surface area contributed by atoms with Gasteiger partial charge in [-0.05, 0) is 0 Å². The maximum absolute atomic E-state index is 12.9. The van der Waals surface area contributed by atoms with E-state index in [1.54, 1.807) is 0 Å².